The van der Waals surface area contributed by atoms with E-state index in [1.54, 1.807) is 0 Å². The van der Waals surface area contributed by atoms with E-state index in [4.69, 9.17) is 0 Å². The smallest absolute Gasteiger partial charge is 0.314 e. The summed E-state index contributed by atoms with van der Waals surface area (Å²) in [5, 5.41) is 9.12. The Morgan fingerprint density at radius 1 is 1.19 bits per heavy atom. The fraction of sp³-hybridized carbons (Fsp3) is 0.533. The second-order valence-corrected chi connectivity index (χ2v) is 5.97. The first-order valence-corrected chi connectivity index (χ1v) is 8.23. The fourth-order valence-corrected chi connectivity index (χ4v) is 2.82. The summed E-state index contributed by atoms with van der Waals surface area (Å²) in [6.07, 6.45) is 0.826. The molecule has 1 aromatic rings. The summed E-state index contributed by atoms with van der Waals surface area (Å²) < 4.78 is 1.09. The quantitative estimate of drug-likeness (QED) is 0.719. The number of nitrogens with zero attached hydrogens (tertiary/aromatic N) is 1. The molecule has 1 saturated heterocycles. The van der Waals surface area contributed by atoms with E-state index >= 15 is 0 Å². The molecule has 116 valence electrons. The van der Waals surface area contributed by atoms with Crippen molar-refractivity contribution in [3.05, 3.63) is 34.3 Å². The Morgan fingerprint density at radius 3 is 2.67 bits per heavy atom. The minimum atomic E-state index is -0.0859. The van der Waals surface area contributed by atoms with Crippen molar-refractivity contribution in [3.63, 3.8) is 0 Å². The molecule has 0 unspecified atom stereocenters. The van der Waals surface area contributed by atoms with Crippen molar-refractivity contribution in [1.29, 1.82) is 0 Å². The Hall–Kier alpha value is -1.11. The number of halogens is 1. The van der Waals surface area contributed by atoms with E-state index < -0.39 is 0 Å². The minimum Gasteiger partial charge on any atom is -0.338 e. The number of nitrogens with one attached hydrogen (secondary N) is 3. The van der Waals surface area contributed by atoms with E-state index in [2.05, 4.69) is 42.8 Å². The van der Waals surface area contributed by atoms with Crippen molar-refractivity contribution in [2.45, 2.75) is 6.42 Å². The van der Waals surface area contributed by atoms with Crippen molar-refractivity contribution in [1.82, 2.24) is 20.9 Å². The number of amides is 2. The lowest BCUT2D eigenvalue weighted by Crippen LogP contribution is -2.47. The zero-order valence-electron chi connectivity index (χ0n) is 12.2. The average molecular weight is 355 g/mol. The number of rotatable bonds is 6. The zero-order valence-corrected chi connectivity index (χ0v) is 13.8. The molecule has 1 aliphatic rings. The molecule has 0 atom stereocenters. The number of carbonyl (C=O) groups excluding carboxylic acids is 1. The molecule has 0 aliphatic carbocycles. The predicted octanol–water partition coefficient (Wildman–Crippen LogP) is 1.20. The van der Waals surface area contributed by atoms with Crippen LogP contribution in [0.25, 0.3) is 0 Å². The molecule has 0 saturated carbocycles. The molecule has 0 spiro atoms. The van der Waals surface area contributed by atoms with Crippen LogP contribution in [0, 0.1) is 0 Å². The molecule has 0 aromatic heterocycles. The third-order valence-corrected chi connectivity index (χ3v) is 4.33. The lowest BCUT2D eigenvalue weighted by atomic mass is 10.1. The zero-order chi connectivity index (χ0) is 14.9. The summed E-state index contributed by atoms with van der Waals surface area (Å²) in [4.78, 5) is 14.1. The number of hydrogen-bond donors (Lipinski definition) is 3. The van der Waals surface area contributed by atoms with Gasteiger partial charge in [-0.3, -0.25) is 4.90 Å². The highest BCUT2D eigenvalue weighted by molar-refractivity contribution is 9.10. The van der Waals surface area contributed by atoms with E-state index in [9.17, 15) is 4.79 Å². The molecule has 5 nitrogen and oxygen atoms in total. The van der Waals surface area contributed by atoms with Gasteiger partial charge in [-0.05, 0) is 18.1 Å². The van der Waals surface area contributed by atoms with Gasteiger partial charge in [0.2, 0.25) is 0 Å². The van der Waals surface area contributed by atoms with E-state index in [0.29, 0.717) is 13.1 Å². The monoisotopic (exact) mass is 354 g/mol. The van der Waals surface area contributed by atoms with Crippen LogP contribution in [-0.2, 0) is 6.42 Å². The third-order valence-electron chi connectivity index (χ3n) is 3.56. The summed E-state index contributed by atoms with van der Waals surface area (Å²) in [7, 11) is 0. The Labute approximate surface area is 134 Å². The van der Waals surface area contributed by atoms with Crippen LogP contribution in [0.1, 0.15) is 5.56 Å². The molecule has 21 heavy (non-hydrogen) atoms. The lowest BCUT2D eigenvalue weighted by molar-refractivity contribution is 0.227. The van der Waals surface area contributed by atoms with Gasteiger partial charge < -0.3 is 16.0 Å². The lowest BCUT2D eigenvalue weighted by Gasteiger charge is -2.27. The molecule has 1 fully saturated rings. The highest BCUT2D eigenvalue weighted by Crippen LogP contribution is 2.15. The predicted molar refractivity (Wildman–Crippen MR) is 88.6 cm³/mol. The van der Waals surface area contributed by atoms with Crippen molar-refractivity contribution < 1.29 is 4.79 Å². The first-order valence-electron chi connectivity index (χ1n) is 7.44. The van der Waals surface area contributed by atoms with E-state index in [1.165, 1.54) is 5.56 Å². The number of urea groups is 1. The molecule has 2 rings (SSSR count). The van der Waals surface area contributed by atoms with Crippen LogP contribution in [0.3, 0.4) is 0 Å². The SMILES string of the molecule is O=C(NCCc1ccccc1Br)NCCN1CCNCC1. The molecular formula is C15H23BrN4O. The second kappa shape index (κ2) is 9.02. The molecule has 0 radical (unpaired) electrons. The Morgan fingerprint density at radius 2 is 1.90 bits per heavy atom. The van der Waals surface area contributed by atoms with Crippen LogP contribution in [0.5, 0.6) is 0 Å². The molecule has 1 heterocycles. The summed E-state index contributed by atoms with van der Waals surface area (Å²) >= 11 is 3.51. The molecule has 1 aromatic carbocycles. The first kappa shape index (κ1) is 16.3. The number of benzene rings is 1. The van der Waals surface area contributed by atoms with Crippen molar-refractivity contribution >= 4 is 22.0 Å². The highest BCUT2D eigenvalue weighted by atomic mass is 79.9. The minimum absolute atomic E-state index is 0.0859. The van der Waals surface area contributed by atoms with Crippen LogP contribution in [-0.4, -0.2) is 56.7 Å². The van der Waals surface area contributed by atoms with Gasteiger partial charge >= 0.3 is 6.03 Å². The van der Waals surface area contributed by atoms with Gasteiger partial charge in [-0.2, -0.15) is 0 Å². The average Bonchev–Trinajstić information content (AvgIpc) is 2.50. The topological polar surface area (TPSA) is 56.4 Å². The molecule has 6 heteroatoms. The molecule has 0 bridgehead atoms. The van der Waals surface area contributed by atoms with Crippen LogP contribution >= 0.6 is 15.9 Å². The maximum Gasteiger partial charge on any atom is 0.314 e. The fourth-order valence-electron chi connectivity index (χ4n) is 2.34. The first-order chi connectivity index (χ1) is 10.3. The molecule has 2 amide bonds. The standard InChI is InChI=1S/C15H23BrN4O/c16-14-4-2-1-3-13(14)5-6-18-15(21)19-9-12-20-10-7-17-8-11-20/h1-4,17H,5-12H2,(H2,18,19,21). The Balaban J connectivity index is 1.56. The highest BCUT2D eigenvalue weighted by Gasteiger charge is 2.09. The van der Waals surface area contributed by atoms with Gasteiger partial charge in [0.25, 0.3) is 0 Å². The largest absolute Gasteiger partial charge is 0.338 e. The van der Waals surface area contributed by atoms with Gasteiger partial charge in [-0.1, -0.05) is 34.1 Å². The van der Waals surface area contributed by atoms with Gasteiger partial charge in [-0.15, -0.1) is 0 Å². The maximum absolute atomic E-state index is 11.7. The summed E-state index contributed by atoms with van der Waals surface area (Å²) in [5.74, 6) is 0. The van der Waals surface area contributed by atoms with Crippen LogP contribution < -0.4 is 16.0 Å². The van der Waals surface area contributed by atoms with Crippen molar-refractivity contribution in [2.24, 2.45) is 0 Å². The summed E-state index contributed by atoms with van der Waals surface area (Å²) in [6, 6.07) is 7.99. The molecule has 1 aliphatic heterocycles. The van der Waals surface area contributed by atoms with Gasteiger partial charge in [0.1, 0.15) is 0 Å². The number of hydrogen-bond acceptors (Lipinski definition) is 3. The van der Waals surface area contributed by atoms with Crippen LogP contribution in [0.4, 0.5) is 4.79 Å². The van der Waals surface area contributed by atoms with Gasteiger partial charge in [-0.25, -0.2) is 4.79 Å². The second-order valence-electron chi connectivity index (χ2n) is 5.12. The summed E-state index contributed by atoms with van der Waals surface area (Å²) in [5.41, 5.74) is 1.21. The van der Waals surface area contributed by atoms with Crippen LogP contribution in [0.15, 0.2) is 28.7 Å². The third kappa shape index (κ3) is 6.03. The van der Waals surface area contributed by atoms with Crippen LogP contribution in [0.2, 0.25) is 0 Å². The van der Waals surface area contributed by atoms with E-state index in [-0.39, 0.29) is 6.03 Å². The van der Waals surface area contributed by atoms with E-state index in [1.807, 2.05) is 18.2 Å². The summed E-state index contributed by atoms with van der Waals surface area (Å²) in [6.45, 7) is 6.45. The van der Waals surface area contributed by atoms with E-state index in [0.717, 1.165) is 43.6 Å². The normalized spacial score (nSPS) is 15.7. The Kier molecular flexibility index (Phi) is 6.99. The number of carbonyl (C=O) groups is 1. The van der Waals surface area contributed by atoms with Crippen molar-refractivity contribution in [3.8, 4) is 0 Å². The van der Waals surface area contributed by atoms with Gasteiger partial charge in [0.15, 0.2) is 0 Å². The number of piperazine rings is 1. The van der Waals surface area contributed by atoms with Gasteiger partial charge in [0, 0.05) is 50.3 Å². The maximum atomic E-state index is 11.7. The van der Waals surface area contributed by atoms with Crippen molar-refractivity contribution in [2.75, 3.05) is 45.8 Å². The van der Waals surface area contributed by atoms with Gasteiger partial charge in [0.05, 0.1) is 0 Å². The molecular weight excluding hydrogens is 332 g/mol. The molecule has 3 N–H and O–H groups in total. The Bertz CT molecular complexity index is 449.